The number of nitrogen functional groups attached to an aromatic ring is 1. The van der Waals surface area contributed by atoms with E-state index < -0.39 is 0 Å². The van der Waals surface area contributed by atoms with Crippen molar-refractivity contribution in [2.75, 3.05) is 11.1 Å². The SMILES string of the molecule is [C-]#[N+]c1cnc(N)nc1N[C@@H](C)c1cc2cccc(Cl)c2c(=O)n1-c1ccccc1. The summed E-state index contributed by atoms with van der Waals surface area (Å²) in [5.74, 6) is 0.367. The fourth-order valence-corrected chi connectivity index (χ4v) is 3.62. The van der Waals surface area contributed by atoms with Gasteiger partial charge in [-0.2, -0.15) is 0 Å². The molecule has 0 saturated carbocycles. The Bertz CT molecular complexity index is 1340. The number of nitrogens with one attached hydrogen (secondary N) is 1. The minimum Gasteiger partial charge on any atom is -0.371 e. The maximum absolute atomic E-state index is 13.5. The van der Waals surface area contributed by atoms with Crippen molar-refractivity contribution in [1.29, 1.82) is 0 Å². The molecule has 2 aromatic heterocycles. The van der Waals surface area contributed by atoms with Crippen LogP contribution in [0.15, 0.2) is 65.6 Å². The van der Waals surface area contributed by atoms with Crippen LogP contribution in [0.25, 0.3) is 21.3 Å². The molecule has 30 heavy (non-hydrogen) atoms. The van der Waals surface area contributed by atoms with E-state index in [2.05, 4.69) is 20.1 Å². The highest BCUT2D eigenvalue weighted by Gasteiger charge is 2.19. The third-order valence-electron chi connectivity index (χ3n) is 4.74. The molecule has 4 aromatic rings. The minimum absolute atomic E-state index is 0.0582. The molecule has 0 aliphatic heterocycles. The van der Waals surface area contributed by atoms with E-state index in [4.69, 9.17) is 23.9 Å². The second-order valence-electron chi connectivity index (χ2n) is 6.69. The molecule has 0 unspecified atom stereocenters. The highest BCUT2D eigenvalue weighted by molar-refractivity contribution is 6.35. The molecule has 7 nitrogen and oxygen atoms in total. The van der Waals surface area contributed by atoms with Gasteiger partial charge in [0.25, 0.3) is 5.56 Å². The van der Waals surface area contributed by atoms with Gasteiger partial charge in [-0.25, -0.2) is 14.8 Å². The van der Waals surface area contributed by atoms with Crippen molar-refractivity contribution >= 4 is 39.8 Å². The standard InChI is InChI=1S/C22H17ClN6O/c1-13(27-20-17(25-2)12-26-22(24)28-20)18-11-14-7-6-10-16(23)19(14)21(30)29(18)15-8-4-3-5-9-15/h3-13H,1H3,(H3,24,26,27,28)/t13-/m0/s1. The predicted molar refractivity (Wildman–Crippen MR) is 119 cm³/mol. The van der Waals surface area contributed by atoms with Gasteiger partial charge in [0, 0.05) is 17.6 Å². The number of para-hydroxylation sites is 1. The van der Waals surface area contributed by atoms with Gasteiger partial charge in [-0.15, -0.1) is 0 Å². The third-order valence-corrected chi connectivity index (χ3v) is 5.06. The lowest BCUT2D eigenvalue weighted by Crippen LogP contribution is -2.25. The fraction of sp³-hybridized carbons (Fsp3) is 0.0909. The first-order valence-electron chi connectivity index (χ1n) is 9.15. The molecule has 1 atom stereocenters. The first-order chi connectivity index (χ1) is 14.5. The van der Waals surface area contributed by atoms with Crippen LogP contribution >= 0.6 is 11.6 Å². The summed E-state index contributed by atoms with van der Waals surface area (Å²) in [4.78, 5) is 24.9. The van der Waals surface area contributed by atoms with E-state index in [1.165, 1.54) is 6.20 Å². The van der Waals surface area contributed by atoms with Gasteiger partial charge >= 0.3 is 0 Å². The Hall–Kier alpha value is -3.89. The van der Waals surface area contributed by atoms with Crippen LogP contribution in [0, 0.1) is 6.57 Å². The second kappa shape index (κ2) is 7.85. The molecule has 0 fully saturated rings. The number of aromatic nitrogens is 3. The Morgan fingerprint density at radius 3 is 2.70 bits per heavy atom. The van der Waals surface area contributed by atoms with Crippen LogP contribution < -0.4 is 16.6 Å². The van der Waals surface area contributed by atoms with Crippen LogP contribution in [0.5, 0.6) is 0 Å². The van der Waals surface area contributed by atoms with Crippen molar-refractivity contribution in [3.05, 3.63) is 93.3 Å². The highest BCUT2D eigenvalue weighted by Crippen LogP contribution is 2.29. The Kier molecular flexibility index (Phi) is 5.09. The van der Waals surface area contributed by atoms with E-state index in [9.17, 15) is 4.79 Å². The number of pyridine rings is 1. The lowest BCUT2D eigenvalue weighted by Gasteiger charge is -2.22. The normalized spacial score (nSPS) is 11.8. The Labute approximate surface area is 177 Å². The van der Waals surface area contributed by atoms with Crippen LogP contribution in [0.1, 0.15) is 18.7 Å². The van der Waals surface area contributed by atoms with Gasteiger partial charge < -0.3 is 11.1 Å². The maximum atomic E-state index is 13.5. The van der Waals surface area contributed by atoms with Crippen LogP contribution in [0.4, 0.5) is 17.5 Å². The van der Waals surface area contributed by atoms with Gasteiger partial charge in [0.15, 0.2) is 0 Å². The molecule has 148 valence electrons. The quantitative estimate of drug-likeness (QED) is 0.469. The minimum atomic E-state index is -0.379. The molecular weight excluding hydrogens is 400 g/mol. The van der Waals surface area contributed by atoms with E-state index in [0.717, 1.165) is 5.39 Å². The van der Waals surface area contributed by atoms with Crippen molar-refractivity contribution in [1.82, 2.24) is 14.5 Å². The Balaban J connectivity index is 1.93. The Morgan fingerprint density at radius 1 is 1.20 bits per heavy atom. The second-order valence-corrected chi connectivity index (χ2v) is 7.10. The van der Waals surface area contributed by atoms with Gasteiger partial charge in [0.1, 0.15) is 5.82 Å². The van der Waals surface area contributed by atoms with E-state index >= 15 is 0 Å². The van der Waals surface area contributed by atoms with Gasteiger partial charge in [-0.05, 0) is 36.6 Å². The number of hydrogen-bond acceptors (Lipinski definition) is 5. The van der Waals surface area contributed by atoms with Crippen molar-refractivity contribution in [3.63, 3.8) is 0 Å². The van der Waals surface area contributed by atoms with Crippen LogP contribution in [-0.4, -0.2) is 14.5 Å². The molecule has 0 radical (unpaired) electrons. The number of fused-ring (bicyclic) bond motifs is 1. The molecule has 0 aliphatic carbocycles. The number of halogens is 1. The molecule has 3 N–H and O–H groups in total. The van der Waals surface area contributed by atoms with Crippen LogP contribution in [0.3, 0.4) is 0 Å². The zero-order chi connectivity index (χ0) is 21.3. The predicted octanol–water partition coefficient (Wildman–Crippen LogP) is 4.74. The Morgan fingerprint density at radius 2 is 1.97 bits per heavy atom. The first kappa shape index (κ1) is 19.4. The zero-order valence-corrected chi connectivity index (χ0v) is 16.8. The van der Waals surface area contributed by atoms with E-state index in [1.54, 1.807) is 16.7 Å². The fourth-order valence-electron chi connectivity index (χ4n) is 3.36. The number of benzene rings is 2. The molecule has 8 heteroatoms. The molecule has 0 aliphatic rings. The average molecular weight is 417 g/mol. The number of rotatable bonds is 4. The van der Waals surface area contributed by atoms with Gasteiger partial charge in [-0.1, -0.05) is 41.9 Å². The lowest BCUT2D eigenvalue weighted by molar-refractivity contribution is 0.774. The summed E-state index contributed by atoms with van der Waals surface area (Å²) in [6, 6.07) is 16.2. The molecule has 2 aromatic carbocycles. The number of nitrogens with zero attached hydrogens (tertiary/aromatic N) is 4. The molecule has 0 bridgehead atoms. The first-order valence-corrected chi connectivity index (χ1v) is 9.53. The molecular formula is C22H17ClN6O. The van der Waals surface area contributed by atoms with Gasteiger partial charge in [-0.3, -0.25) is 9.36 Å². The molecule has 0 spiro atoms. The van der Waals surface area contributed by atoms with E-state index in [-0.39, 0.29) is 23.2 Å². The average Bonchev–Trinajstić information content (AvgIpc) is 2.74. The molecule has 0 saturated heterocycles. The molecule has 4 rings (SSSR count). The van der Waals surface area contributed by atoms with Crippen LogP contribution in [-0.2, 0) is 0 Å². The largest absolute Gasteiger partial charge is 0.371 e. The lowest BCUT2D eigenvalue weighted by atomic mass is 10.1. The summed E-state index contributed by atoms with van der Waals surface area (Å²) >= 11 is 6.35. The number of nitrogens with two attached hydrogens (primary N) is 1. The van der Waals surface area contributed by atoms with E-state index in [1.807, 2.05) is 49.4 Å². The highest BCUT2D eigenvalue weighted by atomic mass is 35.5. The summed E-state index contributed by atoms with van der Waals surface area (Å²) in [7, 11) is 0. The third kappa shape index (κ3) is 3.45. The topological polar surface area (TPSA) is 90.2 Å². The summed E-state index contributed by atoms with van der Waals surface area (Å²) in [6.07, 6.45) is 1.37. The van der Waals surface area contributed by atoms with Crippen molar-refractivity contribution in [3.8, 4) is 5.69 Å². The van der Waals surface area contributed by atoms with Gasteiger partial charge in [0.2, 0.25) is 11.6 Å². The summed E-state index contributed by atoms with van der Waals surface area (Å²) in [5, 5.41) is 4.78. The smallest absolute Gasteiger partial charge is 0.264 e. The molecule has 0 amide bonds. The maximum Gasteiger partial charge on any atom is 0.264 e. The van der Waals surface area contributed by atoms with Gasteiger partial charge in [0.05, 0.1) is 23.0 Å². The number of hydrogen-bond donors (Lipinski definition) is 2. The summed E-state index contributed by atoms with van der Waals surface area (Å²) < 4.78 is 1.62. The number of anilines is 2. The summed E-state index contributed by atoms with van der Waals surface area (Å²) in [6.45, 7) is 9.23. The zero-order valence-electron chi connectivity index (χ0n) is 16.0. The van der Waals surface area contributed by atoms with Crippen LogP contribution in [0.2, 0.25) is 5.02 Å². The van der Waals surface area contributed by atoms with E-state index in [0.29, 0.717) is 27.6 Å². The summed E-state index contributed by atoms with van der Waals surface area (Å²) in [5.41, 5.74) is 7.12. The van der Waals surface area contributed by atoms with Crippen molar-refractivity contribution < 1.29 is 0 Å². The van der Waals surface area contributed by atoms with Crippen molar-refractivity contribution in [2.24, 2.45) is 0 Å². The van der Waals surface area contributed by atoms with Crippen molar-refractivity contribution in [2.45, 2.75) is 13.0 Å². The molecule has 2 heterocycles. The monoisotopic (exact) mass is 416 g/mol.